The molecule has 0 saturated carbocycles. The van der Waals surface area contributed by atoms with E-state index in [4.69, 9.17) is 5.11 Å². The molecule has 2 aromatic rings. The third-order valence-corrected chi connectivity index (χ3v) is 3.00. The molecule has 1 N–H and O–H groups in total. The first-order valence-corrected chi connectivity index (χ1v) is 6.18. The van der Waals surface area contributed by atoms with Crippen LogP contribution in [0.5, 0.6) is 0 Å². The number of halogens is 2. The van der Waals surface area contributed by atoms with Crippen molar-refractivity contribution in [2.24, 2.45) is 0 Å². The maximum atomic E-state index is 13.9. The van der Waals surface area contributed by atoms with Gasteiger partial charge in [0.25, 0.3) is 0 Å². The number of hydrogen-bond acceptors (Lipinski definition) is 2. The maximum absolute atomic E-state index is 13.9. The van der Waals surface area contributed by atoms with Gasteiger partial charge in [-0.2, -0.15) is 0 Å². The van der Waals surface area contributed by atoms with Gasteiger partial charge in [0.2, 0.25) is 0 Å². The molecule has 108 valence electrons. The Morgan fingerprint density at radius 1 is 1.05 bits per heavy atom. The summed E-state index contributed by atoms with van der Waals surface area (Å²) in [4.78, 5) is 12.1. The van der Waals surface area contributed by atoms with Crippen LogP contribution in [0.1, 0.15) is 5.56 Å². The second kappa shape index (κ2) is 6.17. The van der Waals surface area contributed by atoms with E-state index in [-0.39, 0.29) is 11.3 Å². The highest BCUT2D eigenvalue weighted by atomic mass is 19.1. The minimum Gasteiger partial charge on any atom is -0.478 e. The van der Waals surface area contributed by atoms with Gasteiger partial charge in [0.1, 0.15) is 11.6 Å². The van der Waals surface area contributed by atoms with Crippen molar-refractivity contribution >= 4 is 23.4 Å². The summed E-state index contributed by atoms with van der Waals surface area (Å²) in [5.74, 6) is -2.21. The number of carboxylic acid groups (broad SMARTS) is 1. The van der Waals surface area contributed by atoms with Gasteiger partial charge in [-0.05, 0) is 30.3 Å². The molecule has 0 atom stereocenters. The Morgan fingerprint density at radius 2 is 1.67 bits per heavy atom. The van der Waals surface area contributed by atoms with Gasteiger partial charge in [0.15, 0.2) is 0 Å². The lowest BCUT2D eigenvalue weighted by Crippen LogP contribution is -2.13. The lowest BCUT2D eigenvalue weighted by molar-refractivity contribution is -0.131. The molecule has 5 heteroatoms. The van der Waals surface area contributed by atoms with Crippen LogP contribution in [0.4, 0.5) is 20.2 Å². The summed E-state index contributed by atoms with van der Waals surface area (Å²) in [6.07, 6.45) is 2.00. The molecule has 3 nitrogen and oxygen atoms in total. The Hall–Kier alpha value is -2.69. The first-order chi connectivity index (χ1) is 10.0. The summed E-state index contributed by atoms with van der Waals surface area (Å²) in [6, 6.07) is 10.4. The molecule has 0 aromatic heterocycles. The van der Waals surface area contributed by atoms with Gasteiger partial charge < -0.3 is 10.0 Å². The molecular weight excluding hydrogens is 276 g/mol. The van der Waals surface area contributed by atoms with E-state index in [9.17, 15) is 13.6 Å². The number of anilines is 2. The van der Waals surface area contributed by atoms with Crippen molar-refractivity contribution in [3.05, 3.63) is 65.7 Å². The van der Waals surface area contributed by atoms with E-state index in [2.05, 4.69) is 0 Å². The number of carboxylic acids is 1. The number of carbonyl (C=O) groups is 1. The fourth-order valence-electron chi connectivity index (χ4n) is 1.99. The molecule has 0 aliphatic carbocycles. The molecule has 2 rings (SSSR count). The van der Waals surface area contributed by atoms with Crippen LogP contribution < -0.4 is 4.90 Å². The number of benzene rings is 2. The van der Waals surface area contributed by atoms with Crippen LogP contribution in [-0.4, -0.2) is 18.1 Å². The Kier molecular flexibility index (Phi) is 4.33. The molecule has 0 bridgehead atoms. The summed E-state index contributed by atoms with van der Waals surface area (Å²) in [5.41, 5.74) is 0.733. The molecule has 0 fully saturated rings. The quantitative estimate of drug-likeness (QED) is 0.870. The van der Waals surface area contributed by atoms with Gasteiger partial charge >= 0.3 is 5.97 Å². The molecule has 0 aliphatic heterocycles. The molecule has 0 aliphatic rings. The molecule has 0 saturated heterocycles. The molecule has 0 amide bonds. The highest BCUT2D eigenvalue weighted by Gasteiger charge is 2.14. The fraction of sp³-hybridized carbons (Fsp3) is 0.0625. The highest BCUT2D eigenvalue weighted by molar-refractivity contribution is 5.87. The summed E-state index contributed by atoms with van der Waals surface area (Å²) in [7, 11) is 1.59. The first kappa shape index (κ1) is 14.7. The standard InChI is InChI=1S/C16H13F2NO2/c1-19(15-7-3-2-5-13(15)18)14-8-4-6-12(17)11(14)9-10-16(20)21/h2-10H,1H3,(H,20,21)/b10-9+. The van der Waals surface area contributed by atoms with E-state index in [0.29, 0.717) is 5.69 Å². The number of nitrogens with zero attached hydrogens (tertiary/aromatic N) is 1. The monoisotopic (exact) mass is 289 g/mol. The second-order valence-corrected chi connectivity index (χ2v) is 4.35. The van der Waals surface area contributed by atoms with Crippen LogP contribution in [-0.2, 0) is 4.79 Å². The molecule has 0 unspecified atom stereocenters. The first-order valence-electron chi connectivity index (χ1n) is 6.18. The van der Waals surface area contributed by atoms with Crippen LogP contribution in [0.15, 0.2) is 48.5 Å². The minimum absolute atomic E-state index is 0.0886. The topological polar surface area (TPSA) is 40.5 Å². The molecule has 0 spiro atoms. The number of rotatable bonds is 4. The normalized spacial score (nSPS) is 10.8. The maximum Gasteiger partial charge on any atom is 0.328 e. The van der Waals surface area contributed by atoms with Gasteiger partial charge in [0, 0.05) is 18.7 Å². The predicted octanol–water partition coefficient (Wildman–Crippen LogP) is 3.83. The van der Waals surface area contributed by atoms with Crippen molar-refractivity contribution in [3.8, 4) is 0 Å². The smallest absolute Gasteiger partial charge is 0.328 e. The van der Waals surface area contributed by atoms with E-state index in [1.807, 2.05) is 0 Å². The van der Waals surface area contributed by atoms with Gasteiger partial charge in [-0.1, -0.05) is 18.2 Å². The zero-order valence-corrected chi connectivity index (χ0v) is 11.3. The van der Waals surface area contributed by atoms with E-state index >= 15 is 0 Å². The number of hydrogen-bond donors (Lipinski definition) is 1. The predicted molar refractivity (Wildman–Crippen MR) is 77.5 cm³/mol. The van der Waals surface area contributed by atoms with Crippen molar-refractivity contribution < 1.29 is 18.7 Å². The highest BCUT2D eigenvalue weighted by Crippen LogP contribution is 2.31. The van der Waals surface area contributed by atoms with Crippen LogP contribution in [0.2, 0.25) is 0 Å². The summed E-state index contributed by atoms with van der Waals surface area (Å²) in [5, 5.41) is 8.67. The minimum atomic E-state index is -1.18. The van der Waals surface area contributed by atoms with Gasteiger partial charge in [-0.25, -0.2) is 13.6 Å². The largest absolute Gasteiger partial charge is 0.478 e. The lowest BCUT2D eigenvalue weighted by Gasteiger charge is -2.22. The molecule has 0 radical (unpaired) electrons. The molecule has 0 heterocycles. The van der Waals surface area contributed by atoms with E-state index in [0.717, 1.165) is 12.2 Å². The van der Waals surface area contributed by atoms with E-state index < -0.39 is 17.6 Å². The number of para-hydroxylation sites is 1. The summed E-state index contributed by atoms with van der Waals surface area (Å²) >= 11 is 0. The van der Waals surface area contributed by atoms with Crippen LogP contribution in [0, 0.1) is 11.6 Å². The average Bonchev–Trinajstić information content (AvgIpc) is 2.45. The average molecular weight is 289 g/mol. The molecule has 21 heavy (non-hydrogen) atoms. The van der Waals surface area contributed by atoms with Crippen LogP contribution >= 0.6 is 0 Å². The zero-order chi connectivity index (χ0) is 15.4. The zero-order valence-electron chi connectivity index (χ0n) is 11.3. The van der Waals surface area contributed by atoms with Crippen LogP contribution in [0.25, 0.3) is 6.08 Å². The SMILES string of the molecule is CN(c1ccccc1F)c1cccc(F)c1/C=C/C(=O)O. The molecular formula is C16H13F2NO2. The third kappa shape index (κ3) is 3.25. The van der Waals surface area contributed by atoms with Crippen molar-refractivity contribution in [2.45, 2.75) is 0 Å². The van der Waals surface area contributed by atoms with Crippen molar-refractivity contribution in [3.63, 3.8) is 0 Å². The second-order valence-electron chi connectivity index (χ2n) is 4.35. The van der Waals surface area contributed by atoms with Gasteiger partial charge in [0.05, 0.1) is 11.4 Å². The van der Waals surface area contributed by atoms with E-state index in [1.54, 1.807) is 31.3 Å². The Bertz CT molecular complexity index is 698. The lowest BCUT2D eigenvalue weighted by atomic mass is 10.1. The van der Waals surface area contributed by atoms with Crippen molar-refractivity contribution in [1.29, 1.82) is 0 Å². The van der Waals surface area contributed by atoms with Crippen molar-refractivity contribution in [2.75, 3.05) is 11.9 Å². The number of aliphatic carboxylic acids is 1. The summed E-state index contributed by atoms with van der Waals surface area (Å²) < 4.78 is 27.7. The van der Waals surface area contributed by atoms with Gasteiger partial charge in [-0.3, -0.25) is 0 Å². The molecule has 2 aromatic carbocycles. The fourth-order valence-corrected chi connectivity index (χ4v) is 1.99. The Labute approximate surface area is 120 Å². The third-order valence-electron chi connectivity index (χ3n) is 3.00. The van der Waals surface area contributed by atoms with Crippen molar-refractivity contribution in [1.82, 2.24) is 0 Å². The Morgan fingerprint density at radius 3 is 2.33 bits per heavy atom. The van der Waals surface area contributed by atoms with E-state index in [1.165, 1.54) is 23.1 Å². The summed E-state index contributed by atoms with van der Waals surface area (Å²) in [6.45, 7) is 0. The van der Waals surface area contributed by atoms with Gasteiger partial charge in [-0.15, -0.1) is 0 Å². The van der Waals surface area contributed by atoms with Crippen LogP contribution in [0.3, 0.4) is 0 Å². The Balaban J connectivity index is 2.51.